The lowest BCUT2D eigenvalue weighted by atomic mass is 9.78. The Morgan fingerprint density at radius 2 is 2.00 bits per heavy atom. The Morgan fingerprint density at radius 3 is 2.84 bits per heavy atom. The summed E-state index contributed by atoms with van der Waals surface area (Å²) in [6.45, 7) is 2.29. The number of rotatable bonds is 1. The van der Waals surface area contributed by atoms with Gasteiger partial charge in [-0.2, -0.15) is 0 Å². The number of alkyl halides is 1. The molecule has 0 aromatic heterocycles. The molecular weight excluding hydrogens is 388 g/mol. The molecule has 1 aliphatic heterocycles. The molecule has 1 atom stereocenters. The Morgan fingerprint density at radius 1 is 1.08 bits per heavy atom. The van der Waals surface area contributed by atoms with Gasteiger partial charge in [-0.25, -0.2) is 0 Å². The van der Waals surface area contributed by atoms with Gasteiger partial charge in [0.1, 0.15) is 0 Å². The summed E-state index contributed by atoms with van der Waals surface area (Å²) in [5, 5.41) is 2.99. The molecule has 1 unspecified atom stereocenters. The summed E-state index contributed by atoms with van der Waals surface area (Å²) < 4.78 is 0.108. The van der Waals surface area contributed by atoms with E-state index < -0.39 is 0 Å². The van der Waals surface area contributed by atoms with Gasteiger partial charge in [0.15, 0.2) is 0 Å². The molecule has 0 spiro atoms. The van der Waals surface area contributed by atoms with Gasteiger partial charge in [-0.1, -0.05) is 57.9 Å². The third kappa shape index (κ3) is 2.48. The van der Waals surface area contributed by atoms with Crippen LogP contribution >= 0.6 is 27.7 Å². The lowest BCUT2D eigenvalue weighted by Crippen LogP contribution is -2.12. The SMILES string of the molecule is Cc1ccc(C2(Br)CCCS2)c2ccc3c(c12)CCC1=C3C=CCC1. The van der Waals surface area contributed by atoms with Crippen molar-refractivity contribution in [2.24, 2.45) is 0 Å². The van der Waals surface area contributed by atoms with Gasteiger partial charge in [-0.15, -0.1) is 11.8 Å². The van der Waals surface area contributed by atoms with Crippen molar-refractivity contribution in [3.63, 3.8) is 0 Å². The molecule has 1 fully saturated rings. The summed E-state index contributed by atoms with van der Waals surface area (Å²) >= 11 is 6.16. The van der Waals surface area contributed by atoms with E-state index in [2.05, 4.69) is 71.0 Å². The number of hydrogen-bond donors (Lipinski definition) is 0. The fraction of sp³-hybridized carbons (Fsp3) is 0.391. The summed E-state index contributed by atoms with van der Waals surface area (Å²) in [7, 11) is 0. The first-order valence-electron chi connectivity index (χ1n) is 9.45. The number of halogens is 1. The largest absolute Gasteiger partial charge is 0.139 e. The van der Waals surface area contributed by atoms with Gasteiger partial charge in [0.05, 0.1) is 3.66 Å². The highest BCUT2D eigenvalue weighted by molar-refractivity contribution is 9.11. The lowest BCUT2D eigenvalue weighted by molar-refractivity contribution is 0.798. The summed E-state index contributed by atoms with van der Waals surface area (Å²) in [6, 6.07) is 9.52. The van der Waals surface area contributed by atoms with Gasteiger partial charge in [-0.3, -0.25) is 0 Å². The molecule has 128 valence electrons. The van der Waals surface area contributed by atoms with E-state index in [1.165, 1.54) is 77.3 Å². The maximum Gasteiger partial charge on any atom is 0.0962 e. The van der Waals surface area contributed by atoms with Crippen molar-refractivity contribution in [2.45, 2.75) is 49.1 Å². The normalized spacial score (nSPS) is 25.4. The molecule has 25 heavy (non-hydrogen) atoms. The van der Waals surface area contributed by atoms with Gasteiger partial charge in [0.2, 0.25) is 0 Å². The van der Waals surface area contributed by atoms with Crippen LogP contribution in [0.3, 0.4) is 0 Å². The molecule has 1 heterocycles. The maximum absolute atomic E-state index is 4.09. The second-order valence-corrected chi connectivity index (χ2v) is 10.9. The van der Waals surface area contributed by atoms with Crippen LogP contribution in [0.5, 0.6) is 0 Å². The predicted octanol–water partition coefficient (Wildman–Crippen LogP) is 7.27. The van der Waals surface area contributed by atoms with Crippen LogP contribution < -0.4 is 0 Å². The third-order valence-corrected chi connectivity index (χ3v) is 9.00. The topological polar surface area (TPSA) is 0 Å². The van der Waals surface area contributed by atoms with Crippen LogP contribution in [0.25, 0.3) is 16.3 Å². The highest BCUT2D eigenvalue weighted by Gasteiger charge is 2.35. The van der Waals surface area contributed by atoms with Crippen LogP contribution in [-0.4, -0.2) is 5.75 Å². The Labute approximate surface area is 162 Å². The van der Waals surface area contributed by atoms with Crippen molar-refractivity contribution in [2.75, 3.05) is 5.75 Å². The van der Waals surface area contributed by atoms with Crippen LogP contribution in [0.1, 0.15) is 54.4 Å². The molecule has 2 heteroatoms. The van der Waals surface area contributed by atoms with Crippen molar-refractivity contribution < 1.29 is 0 Å². The van der Waals surface area contributed by atoms with E-state index in [0.717, 1.165) is 0 Å². The van der Waals surface area contributed by atoms with Crippen LogP contribution in [0.2, 0.25) is 0 Å². The Kier molecular flexibility index (Phi) is 3.91. The summed E-state index contributed by atoms with van der Waals surface area (Å²) in [4.78, 5) is 0. The molecule has 1 saturated heterocycles. The number of thioether (sulfide) groups is 1. The molecule has 0 N–H and O–H groups in total. The smallest absolute Gasteiger partial charge is 0.0962 e. The summed E-state index contributed by atoms with van der Waals surface area (Å²) in [5.41, 5.74) is 9.18. The van der Waals surface area contributed by atoms with E-state index in [9.17, 15) is 0 Å². The molecule has 0 amide bonds. The average Bonchev–Trinajstić information content (AvgIpc) is 3.08. The number of benzene rings is 2. The summed E-state index contributed by atoms with van der Waals surface area (Å²) in [6.07, 6.45) is 12.2. The Hall–Kier alpha value is -0.990. The Balaban J connectivity index is 1.78. The Bertz CT molecular complexity index is 929. The molecule has 2 aliphatic carbocycles. The van der Waals surface area contributed by atoms with E-state index in [1.807, 2.05) is 0 Å². The van der Waals surface area contributed by atoms with Crippen molar-refractivity contribution in [1.29, 1.82) is 0 Å². The zero-order chi connectivity index (χ0) is 17.0. The molecule has 5 rings (SSSR count). The number of aryl methyl sites for hydroxylation is 2. The summed E-state index contributed by atoms with van der Waals surface area (Å²) in [5.74, 6) is 1.26. The predicted molar refractivity (Wildman–Crippen MR) is 115 cm³/mol. The highest BCUT2D eigenvalue weighted by atomic mass is 79.9. The van der Waals surface area contributed by atoms with Crippen LogP contribution in [0.4, 0.5) is 0 Å². The van der Waals surface area contributed by atoms with Gasteiger partial charge in [0, 0.05) is 0 Å². The van der Waals surface area contributed by atoms with Crippen LogP contribution in [-0.2, 0) is 10.1 Å². The molecule has 3 aliphatic rings. The average molecular weight is 411 g/mol. The van der Waals surface area contributed by atoms with E-state index >= 15 is 0 Å². The molecule has 0 saturated carbocycles. The van der Waals surface area contributed by atoms with Gasteiger partial charge in [-0.05, 0) is 89.8 Å². The number of hydrogen-bond acceptors (Lipinski definition) is 1. The fourth-order valence-corrected chi connectivity index (χ4v) is 7.23. The quantitative estimate of drug-likeness (QED) is 0.445. The first-order chi connectivity index (χ1) is 12.2. The minimum absolute atomic E-state index is 0.108. The molecule has 0 radical (unpaired) electrons. The zero-order valence-electron chi connectivity index (χ0n) is 14.7. The minimum atomic E-state index is 0.108. The van der Waals surface area contributed by atoms with E-state index in [0.29, 0.717) is 0 Å². The van der Waals surface area contributed by atoms with E-state index in [4.69, 9.17) is 0 Å². The second-order valence-electron chi connectivity index (χ2n) is 7.58. The standard InChI is InChI=1S/C23H23BrS/c1-15-7-12-21(23(24)13-4-14-25-23)20-11-10-18-17-6-3-2-5-16(17)8-9-19(18)22(15)20/h3,6-7,10-12H,2,4-5,8-9,13-14H2,1H3. The van der Waals surface area contributed by atoms with Crippen LogP contribution in [0.15, 0.2) is 42.0 Å². The number of fused-ring (bicyclic) bond motifs is 4. The highest BCUT2D eigenvalue weighted by Crippen LogP contribution is 2.54. The lowest BCUT2D eigenvalue weighted by Gasteiger charge is -2.28. The third-order valence-electron chi connectivity index (χ3n) is 6.12. The van der Waals surface area contributed by atoms with Gasteiger partial charge in [0.25, 0.3) is 0 Å². The van der Waals surface area contributed by atoms with E-state index in [-0.39, 0.29) is 3.66 Å². The second kappa shape index (κ2) is 6.03. The maximum atomic E-state index is 4.09. The first-order valence-corrected chi connectivity index (χ1v) is 11.2. The van der Waals surface area contributed by atoms with Crippen molar-refractivity contribution >= 4 is 44.0 Å². The van der Waals surface area contributed by atoms with Crippen molar-refractivity contribution in [3.8, 4) is 0 Å². The number of allylic oxidation sites excluding steroid dienone is 4. The van der Waals surface area contributed by atoms with Crippen molar-refractivity contribution in [3.05, 3.63) is 64.2 Å². The molecule has 0 nitrogen and oxygen atoms in total. The van der Waals surface area contributed by atoms with Crippen LogP contribution in [0, 0.1) is 6.92 Å². The fourth-order valence-electron chi connectivity index (χ4n) is 4.89. The molecule has 0 bridgehead atoms. The monoisotopic (exact) mass is 410 g/mol. The van der Waals surface area contributed by atoms with E-state index in [1.54, 1.807) is 11.1 Å². The minimum Gasteiger partial charge on any atom is -0.139 e. The van der Waals surface area contributed by atoms with Gasteiger partial charge < -0.3 is 0 Å². The zero-order valence-corrected chi connectivity index (χ0v) is 17.1. The molecular formula is C23H23BrS. The van der Waals surface area contributed by atoms with Gasteiger partial charge >= 0.3 is 0 Å². The molecule has 2 aromatic carbocycles. The molecule has 2 aromatic rings. The first kappa shape index (κ1) is 16.2. The van der Waals surface area contributed by atoms with Crippen molar-refractivity contribution in [1.82, 2.24) is 0 Å².